The van der Waals surface area contributed by atoms with Crippen LogP contribution in [-0.2, 0) is 4.79 Å². The normalized spacial score (nSPS) is 17.6. The van der Waals surface area contributed by atoms with E-state index in [1.165, 1.54) is 49.6 Å². The maximum Gasteiger partial charge on any atom is 0.385 e. The number of hydrogen-bond acceptors (Lipinski definition) is 5. The van der Waals surface area contributed by atoms with Crippen LogP contribution < -0.4 is 14.9 Å². The summed E-state index contributed by atoms with van der Waals surface area (Å²) in [6, 6.07) is 19.0. The fourth-order valence-electron chi connectivity index (χ4n) is 4.99. The molecule has 1 saturated heterocycles. The minimum atomic E-state index is -0.0403. The van der Waals surface area contributed by atoms with E-state index in [9.17, 15) is 4.79 Å². The van der Waals surface area contributed by atoms with Gasteiger partial charge in [0.1, 0.15) is 0 Å². The Kier molecular flexibility index (Phi) is 7.46. The molecule has 2 heterocycles. The molecule has 34 heavy (non-hydrogen) atoms. The zero-order valence-corrected chi connectivity index (χ0v) is 20.3. The van der Waals surface area contributed by atoms with E-state index in [-0.39, 0.29) is 5.91 Å². The number of aromatic amines is 1. The first-order valence-electron chi connectivity index (χ1n) is 12.3. The van der Waals surface area contributed by atoms with Gasteiger partial charge in [-0.25, -0.2) is 0 Å². The lowest BCUT2D eigenvalue weighted by atomic mass is 9.94. The molecule has 0 atom stereocenters. The van der Waals surface area contributed by atoms with Crippen molar-refractivity contribution in [1.82, 2.24) is 15.0 Å². The lowest BCUT2D eigenvalue weighted by Crippen LogP contribution is -2.50. The van der Waals surface area contributed by atoms with Crippen LogP contribution in [0.15, 0.2) is 66.1 Å². The molecule has 1 aliphatic carbocycles. The van der Waals surface area contributed by atoms with Crippen LogP contribution in [0.1, 0.15) is 32.1 Å². The third-order valence-electron chi connectivity index (χ3n) is 6.82. The zero-order valence-electron chi connectivity index (χ0n) is 19.5. The second-order valence-electron chi connectivity index (χ2n) is 9.04. The zero-order chi connectivity index (χ0) is 23.2. The maximum absolute atomic E-state index is 12.5. The van der Waals surface area contributed by atoms with Gasteiger partial charge in [-0.1, -0.05) is 37.5 Å². The van der Waals surface area contributed by atoms with E-state index in [2.05, 4.69) is 37.3 Å². The number of carbonyl (C=O) groups is 1. The first kappa shape index (κ1) is 22.9. The molecule has 3 aromatic rings. The Morgan fingerprint density at radius 1 is 1.00 bits per heavy atom. The van der Waals surface area contributed by atoms with Crippen LogP contribution in [0.4, 0.5) is 11.4 Å². The molecule has 0 bridgehead atoms. The van der Waals surface area contributed by atoms with E-state index in [0.717, 1.165) is 48.8 Å². The summed E-state index contributed by atoms with van der Waals surface area (Å²) in [6.07, 6.45) is 8.59. The minimum Gasteiger partial charge on any atom is -0.369 e. The Labute approximate surface area is 205 Å². The predicted molar refractivity (Wildman–Crippen MR) is 137 cm³/mol. The van der Waals surface area contributed by atoms with Crippen LogP contribution in [0, 0.1) is 0 Å². The monoisotopic (exact) mass is 477 g/mol. The third-order valence-corrected chi connectivity index (χ3v) is 7.77. The average Bonchev–Trinajstić information content (AvgIpc) is 3.38. The van der Waals surface area contributed by atoms with Gasteiger partial charge in [0.05, 0.1) is 5.75 Å². The fraction of sp³-hybridized carbons (Fsp3) is 0.423. The molecule has 7 nitrogen and oxygen atoms in total. The van der Waals surface area contributed by atoms with E-state index in [0.29, 0.717) is 5.75 Å². The van der Waals surface area contributed by atoms with Crippen LogP contribution >= 0.6 is 11.8 Å². The van der Waals surface area contributed by atoms with Crippen LogP contribution in [0.2, 0.25) is 0 Å². The molecule has 1 amide bonds. The number of H-pyrrole nitrogens is 1. The number of hydrogen-bond donors (Lipinski definition) is 2. The summed E-state index contributed by atoms with van der Waals surface area (Å²) in [7, 11) is 0. The van der Waals surface area contributed by atoms with E-state index < -0.39 is 0 Å². The first-order chi connectivity index (χ1) is 16.8. The van der Waals surface area contributed by atoms with Crippen LogP contribution in [0.25, 0.3) is 5.69 Å². The van der Waals surface area contributed by atoms with Crippen LogP contribution in [-0.4, -0.2) is 58.9 Å². The number of rotatable bonds is 7. The lowest BCUT2D eigenvalue weighted by Gasteiger charge is -2.41. The van der Waals surface area contributed by atoms with E-state index >= 15 is 0 Å². The van der Waals surface area contributed by atoms with Crippen molar-refractivity contribution in [3.05, 3.63) is 60.9 Å². The Hall–Kier alpha value is -2.84. The number of nitrogens with zero attached hydrogens (tertiary/aromatic N) is 4. The molecule has 5 rings (SSSR count). The van der Waals surface area contributed by atoms with Gasteiger partial charge in [-0.3, -0.25) is 9.69 Å². The highest BCUT2D eigenvalue weighted by molar-refractivity contribution is 7.99. The molecule has 178 valence electrons. The number of para-hydroxylation sites is 1. The lowest BCUT2D eigenvalue weighted by molar-refractivity contribution is -0.694. The number of nitrogens with one attached hydrogen (secondary N) is 2. The SMILES string of the molecule is O=C(CSc1nc[nH][n+]1-c1ccccc1)Nc1ccc(N2CCN(C3CCCCC3)CC2)cc1. The highest BCUT2D eigenvalue weighted by Crippen LogP contribution is 2.25. The topological polar surface area (TPSA) is 68.1 Å². The van der Waals surface area contributed by atoms with Gasteiger partial charge in [-0.15, -0.1) is 4.68 Å². The molecule has 2 fully saturated rings. The number of carbonyl (C=O) groups excluding carboxylic acids is 1. The molecule has 2 aromatic carbocycles. The average molecular weight is 478 g/mol. The maximum atomic E-state index is 12.5. The molecular formula is C26H33N6OS+. The summed E-state index contributed by atoms with van der Waals surface area (Å²) < 4.78 is 1.88. The summed E-state index contributed by atoms with van der Waals surface area (Å²) in [5.41, 5.74) is 3.04. The Morgan fingerprint density at radius 2 is 1.74 bits per heavy atom. The smallest absolute Gasteiger partial charge is 0.369 e. The number of anilines is 2. The van der Waals surface area contributed by atoms with Gasteiger partial charge in [0, 0.05) is 43.6 Å². The van der Waals surface area contributed by atoms with Gasteiger partial charge in [-0.2, -0.15) is 5.10 Å². The number of aromatic nitrogens is 3. The quantitative estimate of drug-likeness (QED) is 0.399. The molecule has 1 saturated carbocycles. The van der Waals surface area contributed by atoms with Crippen molar-refractivity contribution in [3.63, 3.8) is 0 Å². The van der Waals surface area contributed by atoms with E-state index in [4.69, 9.17) is 0 Å². The van der Waals surface area contributed by atoms with Crippen molar-refractivity contribution >= 4 is 29.0 Å². The second kappa shape index (κ2) is 11.1. The first-order valence-corrected chi connectivity index (χ1v) is 13.3. The highest BCUT2D eigenvalue weighted by Gasteiger charge is 2.25. The van der Waals surface area contributed by atoms with Crippen molar-refractivity contribution in [2.75, 3.05) is 42.1 Å². The Bertz CT molecular complexity index is 1060. The molecule has 2 aliphatic rings. The predicted octanol–water partition coefficient (Wildman–Crippen LogP) is 3.87. The van der Waals surface area contributed by atoms with E-state index in [1.807, 2.05) is 47.1 Å². The van der Waals surface area contributed by atoms with Crippen molar-refractivity contribution in [1.29, 1.82) is 0 Å². The second-order valence-corrected chi connectivity index (χ2v) is 9.98. The minimum absolute atomic E-state index is 0.0403. The molecule has 1 aromatic heterocycles. The molecular weight excluding hydrogens is 444 g/mol. The molecule has 0 spiro atoms. The summed E-state index contributed by atoms with van der Waals surface area (Å²) in [5.74, 6) is 0.254. The fourth-order valence-corrected chi connectivity index (χ4v) is 5.74. The molecule has 0 unspecified atom stereocenters. The Morgan fingerprint density at radius 3 is 2.47 bits per heavy atom. The number of benzene rings is 2. The summed E-state index contributed by atoms with van der Waals surface area (Å²) in [5, 5.41) is 6.86. The van der Waals surface area contributed by atoms with Crippen molar-refractivity contribution in [2.45, 2.75) is 43.3 Å². The van der Waals surface area contributed by atoms with Crippen molar-refractivity contribution in [3.8, 4) is 5.69 Å². The van der Waals surface area contributed by atoms with Gasteiger partial charge in [0.25, 0.3) is 0 Å². The van der Waals surface area contributed by atoms with Gasteiger partial charge < -0.3 is 10.2 Å². The van der Waals surface area contributed by atoms with Gasteiger partial charge in [0.2, 0.25) is 12.2 Å². The molecule has 0 radical (unpaired) electrons. The highest BCUT2D eigenvalue weighted by atomic mass is 32.2. The molecule has 2 N–H and O–H groups in total. The third kappa shape index (κ3) is 5.62. The van der Waals surface area contributed by atoms with E-state index in [1.54, 1.807) is 6.33 Å². The largest absolute Gasteiger partial charge is 0.385 e. The number of piperazine rings is 1. The Balaban J connectivity index is 1.10. The van der Waals surface area contributed by atoms with Gasteiger partial charge in [-0.05, 0) is 66.0 Å². The summed E-state index contributed by atoms with van der Waals surface area (Å²) >= 11 is 1.41. The number of amides is 1. The van der Waals surface area contributed by atoms with Gasteiger partial charge in [0.15, 0.2) is 5.69 Å². The molecule has 1 aliphatic heterocycles. The van der Waals surface area contributed by atoms with Gasteiger partial charge >= 0.3 is 5.16 Å². The van der Waals surface area contributed by atoms with Crippen LogP contribution in [0.3, 0.4) is 0 Å². The summed E-state index contributed by atoms with van der Waals surface area (Å²) in [6.45, 7) is 4.45. The molecule has 8 heteroatoms. The van der Waals surface area contributed by atoms with Crippen molar-refractivity contribution < 1.29 is 9.48 Å². The number of thioether (sulfide) groups is 1. The standard InChI is InChI=1S/C26H32N6OS/c33-25(19-34-26-27-20-28-32(26)24-9-5-2-6-10-24)29-21-11-13-23(14-12-21)31-17-15-30(16-18-31)22-7-3-1-4-8-22/h2,5-6,9-14,20,22H,1,3-4,7-8,15-19H2,(H,29,33)/p+1. The summed E-state index contributed by atoms with van der Waals surface area (Å²) in [4.78, 5) is 22.0. The van der Waals surface area contributed by atoms with Crippen LogP contribution in [0.5, 0.6) is 0 Å². The van der Waals surface area contributed by atoms with Crippen molar-refractivity contribution in [2.24, 2.45) is 0 Å².